The molecule has 3 rings (SSSR count). The molecule has 1 atom stereocenters. The molecule has 1 aromatic carbocycles. The van der Waals surface area contributed by atoms with Gasteiger partial charge in [-0.2, -0.15) is 13.2 Å². The number of hydrogen-bond acceptors (Lipinski definition) is 5. The topological polar surface area (TPSA) is 88.2 Å². The number of alkyl halides is 3. The molecule has 2 heterocycles. The van der Waals surface area contributed by atoms with Crippen LogP contribution in [0.3, 0.4) is 0 Å². The van der Waals surface area contributed by atoms with Gasteiger partial charge in [0.25, 0.3) is 5.91 Å². The fourth-order valence-corrected chi connectivity index (χ4v) is 4.03. The zero-order valence-electron chi connectivity index (χ0n) is 15.1. The van der Waals surface area contributed by atoms with Crippen molar-refractivity contribution in [3.8, 4) is 0 Å². The monoisotopic (exact) mass is 409 g/mol. The number of halogens is 3. The van der Waals surface area contributed by atoms with E-state index < -0.39 is 23.8 Å². The van der Waals surface area contributed by atoms with Crippen molar-refractivity contribution in [1.29, 1.82) is 0 Å². The van der Waals surface area contributed by atoms with Crippen LogP contribution >= 0.6 is 11.3 Å². The van der Waals surface area contributed by atoms with Crippen LogP contribution in [0.2, 0.25) is 0 Å². The summed E-state index contributed by atoms with van der Waals surface area (Å²) in [6, 6.07) is 6.18. The van der Waals surface area contributed by atoms with E-state index in [1.165, 1.54) is 12.1 Å². The second-order valence-electron chi connectivity index (χ2n) is 6.53. The van der Waals surface area contributed by atoms with E-state index in [1.54, 1.807) is 19.9 Å². The highest BCUT2D eigenvalue weighted by Crippen LogP contribution is 2.36. The molecule has 3 aromatic rings. The van der Waals surface area contributed by atoms with Gasteiger partial charge >= 0.3 is 6.18 Å². The minimum atomic E-state index is -4.51. The van der Waals surface area contributed by atoms with Gasteiger partial charge in [-0.3, -0.25) is 4.79 Å². The van der Waals surface area contributed by atoms with Crippen molar-refractivity contribution in [1.82, 2.24) is 4.98 Å². The molecule has 4 N–H and O–H groups in total. The fraction of sp³-hybridized carbons (Fsp3) is 0.263. The first kappa shape index (κ1) is 20.1. The quantitative estimate of drug-likeness (QED) is 0.597. The highest BCUT2D eigenvalue weighted by Gasteiger charge is 2.30. The Morgan fingerprint density at radius 3 is 2.71 bits per heavy atom. The van der Waals surface area contributed by atoms with Crippen molar-refractivity contribution in [2.45, 2.75) is 32.5 Å². The van der Waals surface area contributed by atoms with Crippen LogP contribution in [0.5, 0.6) is 0 Å². The maximum Gasteiger partial charge on any atom is 0.416 e. The normalized spacial score (nSPS) is 12.9. The molecule has 148 valence electrons. The lowest BCUT2D eigenvalue weighted by Gasteiger charge is -2.10. The molecule has 1 amide bonds. The van der Waals surface area contributed by atoms with Crippen molar-refractivity contribution in [3.05, 3.63) is 52.0 Å². The van der Waals surface area contributed by atoms with Crippen molar-refractivity contribution < 1.29 is 23.1 Å². The number of nitrogens with two attached hydrogens (primary N) is 1. The van der Waals surface area contributed by atoms with E-state index in [1.807, 2.05) is 0 Å². The molecule has 0 fully saturated rings. The van der Waals surface area contributed by atoms with Gasteiger partial charge < -0.3 is 16.2 Å². The Balaban J connectivity index is 1.98. The average Bonchev–Trinajstić information content (AvgIpc) is 2.90. The summed E-state index contributed by atoms with van der Waals surface area (Å²) in [5.74, 6) is -0.611. The number of pyridine rings is 1. The lowest BCUT2D eigenvalue weighted by molar-refractivity contribution is -0.137. The summed E-state index contributed by atoms with van der Waals surface area (Å²) >= 11 is 1.06. The Morgan fingerprint density at radius 2 is 2.07 bits per heavy atom. The molecule has 0 aliphatic carbocycles. The van der Waals surface area contributed by atoms with Gasteiger partial charge in [-0.1, -0.05) is 6.07 Å². The second kappa shape index (κ2) is 7.40. The van der Waals surface area contributed by atoms with Gasteiger partial charge in [-0.25, -0.2) is 4.98 Å². The molecule has 5 nitrogen and oxygen atoms in total. The molecule has 0 saturated carbocycles. The summed E-state index contributed by atoms with van der Waals surface area (Å²) in [5.41, 5.74) is 7.02. The number of benzene rings is 1. The van der Waals surface area contributed by atoms with Gasteiger partial charge in [0, 0.05) is 16.8 Å². The second-order valence-corrected chi connectivity index (χ2v) is 7.53. The lowest BCUT2D eigenvalue weighted by atomic mass is 10.0. The summed E-state index contributed by atoms with van der Waals surface area (Å²) in [7, 11) is 0. The molecule has 0 aliphatic rings. The number of aryl methyl sites for hydroxylation is 1. The number of aliphatic hydroxyl groups excluding tert-OH is 1. The smallest absolute Gasteiger partial charge is 0.397 e. The summed E-state index contributed by atoms with van der Waals surface area (Å²) < 4.78 is 38.6. The van der Waals surface area contributed by atoms with Crippen molar-refractivity contribution in [2.75, 3.05) is 11.1 Å². The number of thiophene rings is 1. The largest absolute Gasteiger partial charge is 0.416 e. The average molecular weight is 409 g/mol. The number of carbonyl (C=O) groups is 1. The number of nitrogen functional groups attached to an aromatic ring is 1. The first-order valence-corrected chi connectivity index (χ1v) is 9.23. The van der Waals surface area contributed by atoms with Gasteiger partial charge in [0.05, 0.1) is 17.4 Å². The number of aromatic nitrogens is 1. The number of hydrogen-bond donors (Lipinski definition) is 3. The van der Waals surface area contributed by atoms with Crippen molar-refractivity contribution in [2.24, 2.45) is 0 Å². The van der Waals surface area contributed by atoms with E-state index in [-0.39, 0.29) is 16.3 Å². The number of carbonyl (C=O) groups excluding carboxylic acids is 1. The van der Waals surface area contributed by atoms with Gasteiger partial charge in [0.1, 0.15) is 9.71 Å². The molecule has 0 spiro atoms. The van der Waals surface area contributed by atoms with Crippen LogP contribution in [0.25, 0.3) is 10.2 Å². The summed E-state index contributed by atoms with van der Waals surface area (Å²) in [5, 5.41) is 12.8. The number of rotatable bonds is 4. The molecule has 0 bridgehead atoms. The molecule has 9 heteroatoms. The zero-order chi connectivity index (χ0) is 20.6. The van der Waals surface area contributed by atoms with Crippen molar-refractivity contribution >= 4 is 38.8 Å². The van der Waals surface area contributed by atoms with E-state index in [2.05, 4.69) is 10.3 Å². The SMILES string of the molecule is Cc1cc(CC(C)O)c2c(N)c(C(=O)Nc3cccc(C(F)(F)F)c3)sc2n1. The number of aliphatic hydroxyl groups is 1. The summed E-state index contributed by atoms with van der Waals surface area (Å²) in [4.78, 5) is 17.7. The Hall–Kier alpha value is -2.65. The highest BCUT2D eigenvalue weighted by atomic mass is 32.1. The van der Waals surface area contributed by atoms with E-state index in [4.69, 9.17) is 5.73 Å². The molecule has 28 heavy (non-hydrogen) atoms. The van der Waals surface area contributed by atoms with Crippen molar-refractivity contribution in [3.63, 3.8) is 0 Å². The Bertz CT molecular complexity index is 1040. The van der Waals surface area contributed by atoms with E-state index >= 15 is 0 Å². The minimum Gasteiger partial charge on any atom is -0.397 e. The van der Waals surface area contributed by atoms with E-state index in [0.29, 0.717) is 22.3 Å². The standard InChI is InChI=1S/C19H18F3N3O2S/c1-9-6-11(7-10(2)26)14-15(23)16(28-18(14)24-9)17(27)25-13-5-3-4-12(8-13)19(20,21)22/h3-6,8,10,26H,7,23H2,1-2H3,(H,25,27). The van der Waals surface area contributed by atoms with Gasteiger partial charge in [-0.15, -0.1) is 11.3 Å². The molecular weight excluding hydrogens is 391 g/mol. The van der Waals surface area contributed by atoms with Gasteiger partial charge in [-0.05, 0) is 50.1 Å². The predicted octanol–water partition coefficient (Wildman–Crippen LogP) is 4.38. The van der Waals surface area contributed by atoms with Crippen LogP contribution in [0.4, 0.5) is 24.5 Å². The maximum absolute atomic E-state index is 12.9. The van der Waals surface area contributed by atoms with Gasteiger partial charge in [0.15, 0.2) is 0 Å². The third-order valence-corrected chi connectivity index (χ3v) is 5.18. The Kier molecular flexibility index (Phi) is 5.31. The van der Waals surface area contributed by atoms with Crippen LogP contribution in [-0.2, 0) is 12.6 Å². The number of nitrogens with one attached hydrogen (secondary N) is 1. The lowest BCUT2D eigenvalue weighted by Crippen LogP contribution is -2.13. The number of anilines is 2. The van der Waals surface area contributed by atoms with E-state index in [0.717, 1.165) is 29.0 Å². The van der Waals surface area contributed by atoms with Crippen LogP contribution in [0.1, 0.15) is 33.4 Å². The zero-order valence-corrected chi connectivity index (χ0v) is 15.9. The Labute approximate surface area is 163 Å². The predicted molar refractivity (Wildman–Crippen MR) is 104 cm³/mol. The summed E-state index contributed by atoms with van der Waals surface area (Å²) in [6.45, 7) is 3.44. The molecule has 0 aliphatic heterocycles. The third kappa shape index (κ3) is 4.10. The number of fused-ring (bicyclic) bond motifs is 1. The number of nitrogens with zero attached hydrogens (tertiary/aromatic N) is 1. The molecular formula is C19H18F3N3O2S. The first-order chi connectivity index (χ1) is 13.1. The molecule has 2 aromatic heterocycles. The minimum absolute atomic E-state index is 0.0185. The van der Waals surface area contributed by atoms with Gasteiger partial charge in [0.2, 0.25) is 0 Å². The molecule has 1 unspecified atom stereocenters. The fourth-order valence-electron chi connectivity index (χ4n) is 2.95. The van der Waals surface area contributed by atoms with Crippen LogP contribution in [0, 0.1) is 6.92 Å². The number of amides is 1. The van der Waals surface area contributed by atoms with Crippen LogP contribution in [-0.4, -0.2) is 22.1 Å². The first-order valence-electron chi connectivity index (χ1n) is 8.41. The van der Waals surface area contributed by atoms with Crippen LogP contribution < -0.4 is 11.1 Å². The van der Waals surface area contributed by atoms with Crippen LogP contribution in [0.15, 0.2) is 30.3 Å². The highest BCUT2D eigenvalue weighted by molar-refractivity contribution is 7.21. The third-order valence-electron chi connectivity index (χ3n) is 4.08. The maximum atomic E-state index is 12.9. The summed E-state index contributed by atoms with van der Waals surface area (Å²) in [6.07, 6.45) is -4.77. The molecule has 0 radical (unpaired) electrons. The Morgan fingerprint density at radius 1 is 1.36 bits per heavy atom. The molecule has 0 saturated heterocycles. The van der Waals surface area contributed by atoms with E-state index in [9.17, 15) is 23.1 Å².